The Bertz CT molecular complexity index is 432. The van der Waals surface area contributed by atoms with Crippen LogP contribution in [0.5, 0.6) is 0 Å². The first-order valence-electron chi connectivity index (χ1n) is 14.8. The summed E-state index contributed by atoms with van der Waals surface area (Å²) < 4.78 is 0. The number of nitrogens with zero attached hydrogens (tertiary/aromatic N) is 1. The van der Waals surface area contributed by atoms with Crippen LogP contribution in [0, 0.1) is 0 Å². The lowest BCUT2D eigenvalue weighted by Gasteiger charge is -2.11. The van der Waals surface area contributed by atoms with E-state index in [0.717, 1.165) is 6.42 Å². The van der Waals surface area contributed by atoms with E-state index in [4.69, 9.17) is 11.1 Å². The van der Waals surface area contributed by atoms with Gasteiger partial charge in [-0.1, -0.05) is 161 Å². The minimum absolute atomic E-state index is 0.667. The van der Waals surface area contributed by atoms with E-state index in [1.807, 2.05) is 0 Å². The molecule has 196 valence electrons. The van der Waals surface area contributed by atoms with E-state index < -0.39 is 7.38 Å². The molecule has 0 aliphatic carbocycles. The van der Waals surface area contributed by atoms with Crippen LogP contribution >= 0.6 is 11.1 Å². The second-order valence-electron chi connectivity index (χ2n) is 10.9. The summed E-state index contributed by atoms with van der Waals surface area (Å²) in [5.41, 5.74) is 0. The molecule has 33 heavy (non-hydrogen) atoms. The van der Waals surface area contributed by atoms with Crippen LogP contribution in [0.15, 0.2) is 4.99 Å². The Morgan fingerprint density at radius 2 is 0.727 bits per heavy atom. The third kappa shape index (κ3) is 31.9. The van der Waals surface area contributed by atoms with Crippen molar-refractivity contribution in [3.63, 3.8) is 0 Å². The van der Waals surface area contributed by atoms with Crippen LogP contribution in [0.4, 0.5) is 0 Å². The van der Waals surface area contributed by atoms with Crippen LogP contribution in [0.2, 0.25) is 19.1 Å². The quantitative estimate of drug-likeness (QED) is 0.0363. The first kappa shape index (κ1) is 32.9. The topological polar surface area (TPSA) is 29.4 Å². The van der Waals surface area contributed by atoms with Gasteiger partial charge in [-0.3, -0.25) is 0 Å². The van der Waals surface area contributed by atoms with Crippen LogP contribution in [0.3, 0.4) is 0 Å². The Hall–Kier alpha value is -0.113. The Kier molecular flexibility index (Phi) is 26.4. The fourth-order valence-corrected chi connectivity index (χ4v) is 6.16. The number of aliphatic imine (C=N–C) groups is 1. The molecular formula is C29H58ClNOSi. The van der Waals surface area contributed by atoms with Gasteiger partial charge in [0, 0.05) is 0 Å². The largest absolute Gasteiger partial charge is 0.234 e. The van der Waals surface area contributed by atoms with Gasteiger partial charge in [-0.25, -0.2) is 9.79 Å². The SMILES string of the molecule is C[Si](C)(Cl)CCCCCCCCCCCCCCCCCCCCCCCCCCN=C=O. The van der Waals surface area contributed by atoms with E-state index in [9.17, 15) is 4.79 Å². The predicted molar refractivity (Wildman–Crippen MR) is 152 cm³/mol. The number of rotatable bonds is 27. The second-order valence-corrected chi connectivity index (χ2v) is 17.9. The van der Waals surface area contributed by atoms with Crippen molar-refractivity contribution in [2.45, 2.75) is 173 Å². The third-order valence-corrected chi connectivity index (χ3v) is 8.97. The summed E-state index contributed by atoms with van der Waals surface area (Å²) in [6.07, 6.45) is 35.2. The molecule has 0 bridgehead atoms. The molecule has 0 atom stereocenters. The second kappa shape index (κ2) is 26.5. The summed E-state index contributed by atoms with van der Waals surface area (Å²) in [5, 5.41) is 0. The first-order chi connectivity index (χ1) is 16.1. The van der Waals surface area contributed by atoms with Gasteiger partial charge in [0.15, 0.2) is 0 Å². The molecule has 2 nitrogen and oxygen atoms in total. The highest BCUT2D eigenvalue weighted by molar-refractivity contribution is 7.19. The van der Waals surface area contributed by atoms with Gasteiger partial charge in [-0.05, 0) is 12.5 Å². The zero-order chi connectivity index (χ0) is 24.3. The van der Waals surface area contributed by atoms with Gasteiger partial charge in [0.25, 0.3) is 0 Å². The van der Waals surface area contributed by atoms with E-state index in [1.54, 1.807) is 6.08 Å². The van der Waals surface area contributed by atoms with Crippen molar-refractivity contribution in [2.75, 3.05) is 6.54 Å². The third-order valence-electron chi connectivity index (χ3n) is 6.86. The molecule has 0 saturated heterocycles. The van der Waals surface area contributed by atoms with Gasteiger partial charge in [0.1, 0.15) is 7.38 Å². The van der Waals surface area contributed by atoms with Crippen molar-refractivity contribution in [2.24, 2.45) is 4.99 Å². The number of hydrogen-bond donors (Lipinski definition) is 0. The molecular weight excluding hydrogens is 442 g/mol. The van der Waals surface area contributed by atoms with Crippen molar-refractivity contribution < 1.29 is 4.79 Å². The van der Waals surface area contributed by atoms with Gasteiger partial charge < -0.3 is 0 Å². The highest BCUT2D eigenvalue weighted by Crippen LogP contribution is 2.20. The lowest BCUT2D eigenvalue weighted by Crippen LogP contribution is -2.14. The molecule has 0 heterocycles. The van der Waals surface area contributed by atoms with Crippen molar-refractivity contribution in [1.29, 1.82) is 0 Å². The monoisotopic (exact) mass is 499 g/mol. The lowest BCUT2D eigenvalue weighted by molar-refractivity contribution is 0.517. The Morgan fingerprint density at radius 1 is 0.485 bits per heavy atom. The van der Waals surface area contributed by atoms with Crippen molar-refractivity contribution >= 4 is 24.5 Å². The molecule has 0 spiro atoms. The molecule has 0 amide bonds. The van der Waals surface area contributed by atoms with Crippen molar-refractivity contribution in [1.82, 2.24) is 0 Å². The van der Waals surface area contributed by atoms with Crippen molar-refractivity contribution in [3.8, 4) is 0 Å². The number of carbonyl (C=O) groups excluding carboxylic acids is 1. The summed E-state index contributed by atoms with van der Waals surface area (Å²) >= 11 is 6.37. The highest BCUT2D eigenvalue weighted by Gasteiger charge is 2.15. The van der Waals surface area contributed by atoms with Gasteiger partial charge in [-0.2, -0.15) is 11.1 Å². The maximum absolute atomic E-state index is 9.96. The first-order valence-corrected chi connectivity index (χ1v) is 19.0. The fourth-order valence-electron chi connectivity index (χ4n) is 4.67. The van der Waals surface area contributed by atoms with Crippen LogP contribution in [0.25, 0.3) is 0 Å². The summed E-state index contributed by atoms with van der Waals surface area (Å²) in [7, 11) is -1.31. The molecule has 0 saturated carbocycles. The summed E-state index contributed by atoms with van der Waals surface area (Å²) in [6.45, 7) is 5.20. The van der Waals surface area contributed by atoms with Gasteiger partial charge in [0.2, 0.25) is 6.08 Å². The average molecular weight is 500 g/mol. The number of hydrogen-bond acceptors (Lipinski definition) is 2. The number of isocyanates is 1. The molecule has 0 rings (SSSR count). The molecule has 0 aromatic heterocycles. The Labute approximate surface area is 213 Å². The molecule has 0 radical (unpaired) electrons. The van der Waals surface area contributed by atoms with Crippen LogP contribution in [0.1, 0.15) is 154 Å². The minimum atomic E-state index is -1.31. The molecule has 0 fully saturated rings. The summed E-state index contributed by atoms with van der Waals surface area (Å²) in [5.74, 6) is 0. The Morgan fingerprint density at radius 3 is 0.970 bits per heavy atom. The molecule has 0 N–H and O–H groups in total. The summed E-state index contributed by atoms with van der Waals surface area (Å²) in [6, 6.07) is 1.29. The van der Waals surface area contributed by atoms with Crippen LogP contribution < -0.4 is 0 Å². The maximum Gasteiger partial charge on any atom is 0.234 e. The highest BCUT2D eigenvalue weighted by atomic mass is 35.6. The normalized spacial score (nSPS) is 11.6. The molecule has 4 heteroatoms. The molecule has 0 aromatic rings. The van der Waals surface area contributed by atoms with E-state index in [2.05, 4.69) is 18.1 Å². The predicted octanol–water partition coefficient (Wildman–Crippen LogP) is 11.1. The Balaban J connectivity index is 3.04. The lowest BCUT2D eigenvalue weighted by atomic mass is 10.0. The molecule has 0 unspecified atom stereocenters. The molecule has 0 aliphatic rings. The van der Waals surface area contributed by atoms with Crippen LogP contribution in [-0.4, -0.2) is 20.0 Å². The van der Waals surface area contributed by atoms with E-state index in [1.165, 1.54) is 154 Å². The van der Waals surface area contributed by atoms with E-state index >= 15 is 0 Å². The van der Waals surface area contributed by atoms with Crippen LogP contribution in [-0.2, 0) is 4.79 Å². The van der Waals surface area contributed by atoms with Crippen molar-refractivity contribution in [3.05, 3.63) is 0 Å². The van der Waals surface area contributed by atoms with Gasteiger partial charge >= 0.3 is 0 Å². The molecule has 0 aromatic carbocycles. The standard InChI is InChI=1S/C29H58ClNOSi/c1-33(2,30)28-26-24-22-20-18-16-14-12-10-8-6-4-3-5-7-9-11-13-15-17-19-21-23-25-27-31-29-32/h3-28H2,1-2H3. The minimum Gasteiger partial charge on any atom is -0.211 e. The van der Waals surface area contributed by atoms with Gasteiger partial charge in [0.05, 0.1) is 6.54 Å². The number of halogens is 1. The zero-order valence-corrected chi connectivity index (χ0v) is 24.4. The summed E-state index contributed by atoms with van der Waals surface area (Å²) in [4.78, 5) is 13.6. The average Bonchev–Trinajstić information content (AvgIpc) is 2.78. The smallest absolute Gasteiger partial charge is 0.211 e. The molecule has 0 aliphatic heterocycles. The van der Waals surface area contributed by atoms with E-state index in [-0.39, 0.29) is 0 Å². The van der Waals surface area contributed by atoms with E-state index in [0.29, 0.717) is 6.54 Å². The maximum atomic E-state index is 9.96. The van der Waals surface area contributed by atoms with Gasteiger partial charge in [-0.15, -0.1) is 0 Å². The number of unbranched alkanes of at least 4 members (excludes halogenated alkanes) is 23. The zero-order valence-electron chi connectivity index (χ0n) is 22.6. The fraction of sp³-hybridized carbons (Fsp3) is 0.966.